The lowest BCUT2D eigenvalue weighted by Crippen LogP contribution is -2.49. The van der Waals surface area contributed by atoms with Crippen LogP contribution in [0.2, 0.25) is 0 Å². The van der Waals surface area contributed by atoms with Crippen molar-refractivity contribution >= 4 is 21.6 Å². The predicted octanol–water partition coefficient (Wildman–Crippen LogP) is 2.04. The molecule has 2 aromatic rings. The van der Waals surface area contributed by atoms with Crippen molar-refractivity contribution in [2.45, 2.75) is 13.3 Å². The van der Waals surface area contributed by atoms with Gasteiger partial charge >= 0.3 is 0 Å². The average Bonchev–Trinajstić information content (AvgIpc) is 2.81. The van der Waals surface area contributed by atoms with Crippen LogP contribution in [0.25, 0.3) is 0 Å². The van der Waals surface area contributed by atoms with Crippen LogP contribution in [0.4, 0.5) is 5.69 Å². The number of sulfonamides is 1. The first-order chi connectivity index (χ1) is 15.4. The van der Waals surface area contributed by atoms with Crippen LogP contribution < -0.4 is 19.7 Å². The van der Waals surface area contributed by atoms with E-state index in [-0.39, 0.29) is 18.3 Å². The van der Waals surface area contributed by atoms with Crippen LogP contribution in [-0.2, 0) is 14.8 Å². The molecule has 0 unspecified atom stereocenters. The second-order valence-electron chi connectivity index (χ2n) is 7.71. The molecule has 0 bridgehead atoms. The molecule has 174 valence electrons. The van der Waals surface area contributed by atoms with E-state index in [4.69, 9.17) is 9.47 Å². The fraction of sp³-hybridized carbons (Fsp3) is 0.435. The zero-order valence-electron chi connectivity index (χ0n) is 18.6. The molecule has 1 N–H and O–H groups in total. The van der Waals surface area contributed by atoms with Gasteiger partial charge in [-0.3, -0.25) is 4.79 Å². The molecule has 1 heterocycles. The van der Waals surface area contributed by atoms with Crippen LogP contribution in [-0.4, -0.2) is 70.8 Å². The number of carbonyl (C=O) groups excluding carboxylic acids is 1. The Morgan fingerprint density at radius 1 is 0.969 bits per heavy atom. The van der Waals surface area contributed by atoms with Gasteiger partial charge in [-0.05, 0) is 49.7 Å². The van der Waals surface area contributed by atoms with Crippen molar-refractivity contribution in [3.63, 3.8) is 0 Å². The maximum atomic E-state index is 12.6. The zero-order valence-corrected chi connectivity index (χ0v) is 19.4. The second-order valence-corrected chi connectivity index (χ2v) is 9.79. The van der Waals surface area contributed by atoms with E-state index < -0.39 is 10.0 Å². The fourth-order valence-electron chi connectivity index (χ4n) is 3.46. The van der Waals surface area contributed by atoms with Gasteiger partial charge in [0.25, 0.3) is 5.91 Å². The van der Waals surface area contributed by atoms with Gasteiger partial charge in [0.15, 0.2) is 6.61 Å². The molecule has 1 aliphatic rings. The molecule has 32 heavy (non-hydrogen) atoms. The van der Waals surface area contributed by atoms with Crippen molar-refractivity contribution < 1.29 is 22.7 Å². The first-order valence-electron chi connectivity index (χ1n) is 10.7. The van der Waals surface area contributed by atoms with E-state index >= 15 is 0 Å². The molecule has 1 amide bonds. The van der Waals surface area contributed by atoms with Crippen molar-refractivity contribution in [2.75, 3.05) is 57.1 Å². The molecule has 2 aromatic carbocycles. The smallest absolute Gasteiger partial charge is 0.257 e. The molecule has 1 fully saturated rings. The van der Waals surface area contributed by atoms with Crippen molar-refractivity contribution in [2.24, 2.45) is 0 Å². The summed E-state index contributed by atoms with van der Waals surface area (Å²) in [6.45, 7) is 4.35. The van der Waals surface area contributed by atoms with E-state index in [1.54, 1.807) is 7.11 Å². The number of benzene rings is 2. The Bertz CT molecular complexity index is 970. The largest absolute Gasteiger partial charge is 0.497 e. The average molecular weight is 462 g/mol. The highest BCUT2D eigenvalue weighted by atomic mass is 32.2. The number of anilines is 1. The summed E-state index contributed by atoms with van der Waals surface area (Å²) in [7, 11) is -1.72. The molecule has 0 spiro atoms. The van der Waals surface area contributed by atoms with Gasteiger partial charge in [-0.15, -0.1) is 0 Å². The van der Waals surface area contributed by atoms with Crippen LogP contribution in [0.15, 0.2) is 48.5 Å². The lowest BCUT2D eigenvalue weighted by molar-refractivity contribution is -0.123. The molecule has 3 rings (SSSR count). The van der Waals surface area contributed by atoms with Gasteiger partial charge in [-0.25, -0.2) is 8.42 Å². The minimum atomic E-state index is -3.35. The highest BCUT2D eigenvalue weighted by Crippen LogP contribution is 2.21. The highest BCUT2D eigenvalue weighted by Gasteiger charge is 2.26. The minimum Gasteiger partial charge on any atom is -0.497 e. The predicted molar refractivity (Wildman–Crippen MR) is 125 cm³/mol. The van der Waals surface area contributed by atoms with E-state index in [9.17, 15) is 13.2 Å². The van der Waals surface area contributed by atoms with Crippen molar-refractivity contribution in [1.82, 2.24) is 9.62 Å². The first kappa shape index (κ1) is 23.9. The Hall–Kier alpha value is -2.78. The Morgan fingerprint density at radius 3 is 2.22 bits per heavy atom. The monoisotopic (exact) mass is 461 g/mol. The van der Waals surface area contributed by atoms with Crippen LogP contribution in [0.3, 0.4) is 0 Å². The van der Waals surface area contributed by atoms with Gasteiger partial charge in [0.2, 0.25) is 10.0 Å². The first-order valence-corrected chi connectivity index (χ1v) is 12.3. The lowest BCUT2D eigenvalue weighted by Gasteiger charge is -2.35. The SMILES string of the molecule is COc1ccc(N2CCN(S(=O)(=O)CCCNC(=O)COc3ccc(C)cc3)CC2)cc1. The number of piperazine rings is 1. The number of ether oxygens (including phenoxy) is 2. The maximum Gasteiger partial charge on any atom is 0.257 e. The fourth-order valence-corrected chi connectivity index (χ4v) is 4.95. The van der Waals surface area contributed by atoms with Crippen molar-refractivity contribution in [3.05, 3.63) is 54.1 Å². The summed E-state index contributed by atoms with van der Waals surface area (Å²) >= 11 is 0. The summed E-state index contributed by atoms with van der Waals surface area (Å²) in [5.41, 5.74) is 2.17. The number of rotatable bonds is 10. The second kappa shape index (κ2) is 11.2. The summed E-state index contributed by atoms with van der Waals surface area (Å²) in [5.74, 6) is 1.16. The van der Waals surface area contributed by atoms with Crippen molar-refractivity contribution in [1.29, 1.82) is 0 Å². The van der Waals surface area contributed by atoms with Gasteiger partial charge in [-0.1, -0.05) is 17.7 Å². The van der Waals surface area contributed by atoms with E-state index in [2.05, 4.69) is 10.2 Å². The number of hydrogen-bond donors (Lipinski definition) is 1. The summed E-state index contributed by atoms with van der Waals surface area (Å²) < 4.78 is 37.4. The Morgan fingerprint density at radius 2 is 1.59 bits per heavy atom. The number of nitrogens with zero attached hydrogens (tertiary/aromatic N) is 2. The number of methoxy groups -OCH3 is 1. The standard InChI is InChI=1S/C23H31N3O5S/c1-19-4-8-22(9-5-19)31-18-23(27)24-12-3-17-32(28,29)26-15-13-25(14-16-26)20-6-10-21(30-2)11-7-20/h4-11H,3,12-18H2,1-2H3,(H,24,27). The van der Waals surface area contributed by atoms with Gasteiger partial charge in [0.1, 0.15) is 11.5 Å². The molecule has 0 saturated carbocycles. The minimum absolute atomic E-state index is 0.00857. The molecule has 8 nitrogen and oxygen atoms in total. The van der Waals surface area contributed by atoms with Crippen LogP contribution >= 0.6 is 0 Å². The topological polar surface area (TPSA) is 88.2 Å². The molecule has 9 heteroatoms. The molecular weight excluding hydrogens is 430 g/mol. The Labute approximate surface area is 190 Å². The number of amides is 1. The quantitative estimate of drug-likeness (QED) is 0.545. The Balaban J connectivity index is 1.35. The summed E-state index contributed by atoms with van der Waals surface area (Å²) in [5, 5.41) is 2.71. The maximum absolute atomic E-state index is 12.6. The molecule has 1 saturated heterocycles. The number of hydrogen-bond acceptors (Lipinski definition) is 6. The normalized spacial score (nSPS) is 14.8. The van der Waals surface area contributed by atoms with E-state index in [0.29, 0.717) is 44.9 Å². The third kappa shape index (κ3) is 6.86. The molecule has 0 aliphatic carbocycles. The summed E-state index contributed by atoms with van der Waals surface area (Å²) in [4.78, 5) is 14.1. The van der Waals surface area contributed by atoms with Gasteiger partial charge in [-0.2, -0.15) is 4.31 Å². The molecule has 1 aliphatic heterocycles. The van der Waals surface area contributed by atoms with Crippen LogP contribution in [0, 0.1) is 6.92 Å². The molecule has 0 radical (unpaired) electrons. The highest BCUT2D eigenvalue weighted by molar-refractivity contribution is 7.89. The number of aryl methyl sites for hydroxylation is 1. The van der Waals surface area contributed by atoms with E-state index in [0.717, 1.165) is 17.0 Å². The summed E-state index contributed by atoms with van der Waals surface area (Å²) in [6.07, 6.45) is 0.358. The van der Waals surface area contributed by atoms with Crippen LogP contribution in [0.5, 0.6) is 11.5 Å². The lowest BCUT2D eigenvalue weighted by atomic mass is 10.2. The van der Waals surface area contributed by atoms with E-state index in [1.165, 1.54) is 4.31 Å². The Kier molecular flexibility index (Phi) is 8.35. The zero-order chi connectivity index (χ0) is 23.0. The van der Waals surface area contributed by atoms with Gasteiger partial charge in [0.05, 0.1) is 12.9 Å². The molecule has 0 atom stereocenters. The third-order valence-electron chi connectivity index (χ3n) is 5.36. The van der Waals surface area contributed by atoms with E-state index in [1.807, 2.05) is 55.5 Å². The summed E-state index contributed by atoms with van der Waals surface area (Å²) in [6, 6.07) is 15.2. The molecule has 0 aromatic heterocycles. The van der Waals surface area contributed by atoms with Crippen LogP contribution in [0.1, 0.15) is 12.0 Å². The number of carbonyl (C=O) groups is 1. The number of nitrogens with one attached hydrogen (secondary N) is 1. The van der Waals surface area contributed by atoms with Gasteiger partial charge in [0, 0.05) is 38.4 Å². The molecular formula is C23H31N3O5S. The van der Waals surface area contributed by atoms with Gasteiger partial charge < -0.3 is 19.7 Å². The van der Waals surface area contributed by atoms with Crippen molar-refractivity contribution in [3.8, 4) is 11.5 Å². The third-order valence-corrected chi connectivity index (χ3v) is 7.32.